The van der Waals surface area contributed by atoms with Crippen LogP contribution in [-0.2, 0) is 31.5 Å². The van der Waals surface area contributed by atoms with Crippen molar-refractivity contribution in [3.63, 3.8) is 0 Å². The van der Waals surface area contributed by atoms with Gasteiger partial charge in [0.1, 0.15) is 10.6 Å². The molecule has 222 valence electrons. The van der Waals surface area contributed by atoms with E-state index in [1.54, 1.807) is 13.0 Å². The van der Waals surface area contributed by atoms with E-state index >= 15 is 0 Å². The first kappa shape index (κ1) is 31.0. The van der Waals surface area contributed by atoms with Crippen LogP contribution in [0, 0.1) is 11.7 Å². The topological polar surface area (TPSA) is 69.4 Å². The van der Waals surface area contributed by atoms with E-state index in [0.717, 1.165) is 36.4 Å². The van der Waals surface area contributed by atoms with E-state index in [4.69, 9.17) is 10.5 Å². The molecular weight excluding hydrogens is 575 g/mol. The van der Waals surface area contributed by atoms with Gasteiger partial charge in [0.15, 0.2) is 9.84 Å². The fraction of sp³-hybridized carbons (Fsp3) is 0.379. The molecule has 1 unspecified atom stereocenters. The van der Waals surface area contributed by atoms with E-state index in [-0.39, 0.29) is 47.2 Å². The van der Waals surface area contributed by atoms with Gasteiger partial charge >= 0.3 is 12.4 Å². The van der Waals surface area contributed by atoms with Gasteiger partial charge in [-0.25, -0.2) is 12.8 Å². The highest BCUT2D eigenvalue weighted by Gasteiger charge is 2.73. The Labute approximate surface area is 233 Å². The molecule has 0 spiro atoms. The summed E-state index contributed by atoms with van der Waals surface area (Å²) in [6.45, 7) is 0.739. The number of hydrogen-bond donors (Lipinski definition) is 1. The van der Waals surface area contributed by atoms with Gasteiger partial charge in [-0.3, -0.25) is 0 Å². The van der Waals surface area contributed by atoms with Crippen molar-refractivity contribution in [2.45, 2.75) is 66.4 Å². The maximum absolute atomic E-state index is 14.3. The fourth-order valence-corrected chi connectivity index (χ4v) is 7.73. The Morgan fingerprint density at radius 3 is 1.95 bits per heavy atom. The minimum atomic E-state index is -5.91. The highest BCUT2D eigenvalue weighted by molar-refractivity contribution is 7.92. The summed E-state index contributed by atoms with van der Waals surface area (Å²) in [5.41, 5.74) is 0.304. The summed E-state index contributed by atoms with van der Waals surface area (Å²) in [6.07, 6.45) is -11.7. The fourth-order valence-electron chi connectivity index (χ4n) is 5.47. The van der Waals surface area contributed by atoms with Crippen LogP contribution in [0.4, 0.5) is 30.7 Å². The van der Waals surface area contributed by atoms with Crippen LogP contribution in [-0.4, -0.2) is 26.8 Å². The number of ether oxygens (including phenoxy) is 1. The lowest BCUT2D eigenvalue weighted by Crippen LogP contribution is -2.56. The smallest absolute Gasteiger partial charge is 0.349 e. The Hall–Kier alpha value is -2.96. The van der Waals surface area contributed by atoms with E-state index in [9.17, 15) is 39.2 Å². The third kappa shape index (κ3) is 5.49. The molecule has 1 saturated carbocycles. The second-order valence-electron chi connectivity index (χ2n) is 10.4. The number of benzene rings is 3. The van der Waals surface area contributed by atoms with Gasteiger partial charge in [-0.15, -0.1) is 0 Å². The second kappa shape index (κ2) is 11.0. The lowest BCUT2D eigenvalue weighted by Gasteiger charge is -2.43. The molecule has 1 fully saturated rings. The first-order valence-corrected chi connectivity index (χ1v) is 14.2. The summed E-state index contributed by atoms with van der Waals surface area (Å²) in [5, 5.41) is 0. The van der Waals surface area contributed by atoms with Gasteiger partial charge in [-0.05, 0) is 60.6 Å². The van der Waals surface area contributed by atoms with Crippen molar-refractivity contribution in [3.8, 4) is 0 Å². The lowest BCUT2D eigenvalue weighted by molar-refractivity contribution is -0.392. The SMILES string of the molecule is C[C@@H]1C[C@](c2ccc(C(OCc3ccccc3)(C(F)(F)F)C(F)(F)F)cc2)(S(=O)(=O)c2ccc(F)cc2)CCC1N. The summed E-state index contributed by atoms with van der Waals surface area (Å²) >= 11 is 0. The molecule has 2 N–H and O–H groups in total. The standard InChI is InChI=1S/C29H28F7NO3S/c1-19-17-26(16-15-25(19)37,41(38,39)24-13-11-23(30)12-14-24)21-7-9-22(10-8-21)27(28(31,32)33,29(34,35)36)40-18-20-5-3-2-4-6-20/h2-14,19,25H,15-18,37H2,1H3/t19-,25?,26-/m1/s1. The molecule has 0 saturated heterocycles. The molecule has 3 aromatic carbocycles. The molecule has 0 aromatic heterocycles. The molecule has 0 bridgehead atoms. The molecule has 4 nitrogen and oxygen atoms in total. The predicted octanol–water partition coefficient (Wildman–Crippen LogP) is 7.18. The number of sulfone groups is 1. The van der Waals surface area contributed by atoms with Crippen molar-refractivity contribution in [1.82, 2.24) is 0 Å². The Balaban J connectivity index is 1.84. The van der Waals surface area contributed by atoms with Gasteiger partial charge in [0.25, 0.3) is 5.60 Å². The number of nitrogens with two attached hydrogens (primary N) is 1. The zero-order valence-electron chi connectivity index (χ0n) is 21.8. The first-order chi connectivity index (χ1) is 19.0. The Morgan fingerprint density at radius 2 is 1.44 bits per heavy atom. The van der Waals surface area contributed by atoms with Crippen LogP contribution in [0.1, 0.15) is 42.9 Å². The number of rotatable bonds is 7. The first-order valence-electron chi connectivity index (χ1n) is 12.7. The van der Waals surface area contributed by atoms with Crippen molar-refractivity contribution in [2.24, 2.45) is 11.7 Å². The van der Waals surface area contributed by atoms with Crippen LogP contribution >= 0.6 is 0 Å². The summed E-state index contributed by atoms with van der Waals surface area (Å²) < 4.78 is 131. The number of alkyl halides is 6. The van der Waals surface area contributed by atoms with E-state index in [1.165, 1.54) is 24.3 Å². The average Bonchev–Trinajstić information content (AvgIpc) is 2.90. The van der Waals surface area contributed by atoms with Crippen LogP contribution in [0.15, 0.2) is 83.8 Å². The van der Waals surface area contributed by atoms with Crippen molar-refractivity contribution in [1.29, 1.82) is 0 Å². The Kier molecular flexibility index (Phi) is 8.34. The summed E-state index contributed by atoms with van der Waals surface area (Å²) in [7, 11) is -4.30. The molecule has 3 atom stereocenters. The molecule has 0 amide bonds. The molecule has 0 radical (unpaired) electrons. The van der Waals surface area contributed by atoms with E-state index < -0.39 is 50.5 Å². The Bertz CT molecular complexity index is 1430. The van der Waals surface area contributed by atoms with Gasteiger partial charge in [-0.1, -0.05) is 61.5 Å². The van der Waals surface area contributed by atoms with Crippen LogP contribution in [0.3, 0.4) is 0 Å². The zero-order chi connectivity index (χ0) is 30.3. The van der Waals surface area contributed by atoms with Gasteiger partial charge in [0, 0.05) is 11.6 Å². The minimum absolute atomic E-state index is 0.00522. The minimum Gasteiger partial charge on any atom is -0.349 e. The van der Waals surface area contributed by atoms with E-state index in [2.05, 4.69) is 0 Å². The van der Waals surface area contributed by atoms with Crippen LogP contribution in [0.5, 0.6) is 0 Å². The Morgan fingerprint density at radius 1 is 0.878 bits per heavy atom. The maximum Gasteiger partial charge on any atom is 0.430 e. The van der Waals surface area contributed by atoms with Crippen LogP contribution < -0.4 is 5.73 Å². The molecule has 12 heteroatoms. The van der Waals surface area contributed by atoms with Crippen molar-refractivity contribution in [2.75, 3.05) is 0 Å². The molecule has 3 aromatic rings. The molecular formula is C29H28F7NO3S. The molecule has 1 aliphatic carbocycles. The van der Waals surface area contributed by atoms with Gasteiger partial charge in [0.2, 0.25) is 0 Å². The molecule has 41 heavy (non-hydrogen) atoms. The summed E-state index contributed by atoms with van der Waals surface area (Å²) in [6, 6.07) is 14.0. The van der Waals surface area contributed by atoms with Gasteiger partial charge in [-0.2, -0.15) is 26.3 Å². The normalized spacial score (nSPS) is 22.5. The summed E-state index contributed by atoms with van der Waals surface area (Å²) in [5.74, 6) is -1.02. The van der Waals surface area contributed by atoms with E-state index in [0.29, 0.717) is 12.1 Å². The quantitative estimate of drug-likeness (QED) is 0.230. The molecule has 4 rings (SSSR count). The lowest BCUT2D eigenvalue weighted by atomic mass is 9.75. The molecule has 1 aliphatic rings. The third-order valence-electron chi connectivity index (χ3n) is 7.82. The average molecular weight is 604 g/mol. The number of hydrogen-bond acceptors (Lipinski definition) is 4. The molecule has 0 aliphatic heterocycles. The van der Waals surface area contributed by atoms with Gasteiger partial charge in [0.05, 0.1) is 11.5 Å². The highest BCUT2D eigenvalue weighted by atomic mass is 32.2. The van der Waals surface area contributed by atoms with Crippen molar-refractivity contribution in [3.05, 3.63) is 101 Å². The van der Waals surface area contributed by atoms with Crippen molar-refractivity contribution < 1.29 is 43.9 Å². The monoisotopic (exact) mass is 603 g/mol. The predicted molar refractivity (Wildman–Crippen MR) is 138 cm³/mol. The second-order valence-corrected chi connectivity index (χ2v) is 12.6. The third-order valence-corrected chi connectivity index (χ3v) is 10.3. The maximum atomic E-state index is 14.3. The summed E-state index contributed by atoms with van der Waals surface area (Å²) in [4.78, 5) is -0.225. The van der Waals surface area contributed by atoms with E-state index in [1.807, 2.05) is 0 Å². The highest BCUT2D eigenvalue weighted by Crippen LogP contribution is 2.54. The number of halogens is 7. The van der Waals surface area contributed by atoms with Crippen molar-refractivity contribution >= 4 is 9.84 Å². The van der Waals surface area contributed by atoms with Gasteiger partial charge < -0.3 is 10.5 Å². The van der Waals surface area contributed by atoms with Crippen LogP contribution in [0.25, 0.3) is 0 Å². The zero-order valence-corrected chi connectivity index (χ0v) is 22.7. The molecule has 0 heterocycles. The largest absolute Gasteiger partial charge is 0.430 e. The van der Waals surface area contributed by atoms with Crippen LogP contribution in [0.2, 0.25) is 0 Å².